The van der Waals surface area contributed by atoms with Crippen molar-refractivity contribution in [1.29, 1.82) is 0 Å². The summed E-state index contributed by atoms with van der Waals surface area (Å²) in [7, 11) is 1.99. The molecule has 0 unspecified atom stereocenters. The SMILES string of the molecule is CN(CCc1ccccn1)Cc1cccc(F)c1N. The number of para-hydroxylation sites is 1. The molecule has 2 rings (SSSR count). The van der Waals surface area contributed by atoms with Gasteiger partial charge >= 0.3 is 0 Å². The van der Waals surface area contributed by atoms with Crippen LogP contribution in [0.1, 0.15) is 11.3 Å². The third-order valence-electron chi connectivity index (χ3n) is 3.06. The molecule has 0 aliphatic heterocycles. The number of hydrogen-bond donors (Lipinski definition) is 1. The molecule has 3 nitrogen and oxygen atoms in total. The molecule has 19 heavy (non-hydrogen) atoms. The molecule has 0 bridgehead atoms. The van der Waals surface area contributed by atoms with Gasteiger partial charge in [-0.3, -0.25) is 4.98 Å². The zero-order valence-corrected chi connectivity index (χ0v) is 11.0. The van der Waals surface area contributed by atoms with E-state index in [2.05, 4.69) is 9.88 Å². The van der Waals surface area contributed by atoms with E-state index in [0.29, 0.717) is 6.54 Å². The van der Waals surface area contributed by atoms with Crippen molar-refractivity contribution in [3.63, 3.8) is 0 Å². The van der Waals surface area contributed by atoms with E-state index in [1.807, 2.05) is 31.3 Å². The number of pyridine rings is 1. The normalized spacial score (nSPS) is 10.9. The third kappa shape index (κ3) is 3.76. The summed E-state index contributed by atoms with van der Waals surface area (Å²) in [5.41, 5.74) is 7.85. The lowest BCUT2D eigenvalue weighted by molar-refractivity contribution is 0.330. The van der Waals surface area contributed by atoms with Gasteiger partial charge < -0.3 is 10.6 Å². The number of halogens is 1. The molecule has 4 heteroatoms. The summed E-state index contributed by atoms with van der Waals surface area (Å²) < 4.78 is 13.3. The van der Waals surface area contributed by atoms with Crippen LogP contribution in [0.5, 0.6) is 0 Å². The fourth-order valence-corrected chi connectivity index (χ4v) is 1.94. The highest BCUT2D eigenvalue weighted by Gasteiger charge is 2.07. The number of rotatable bonds is 5. The van der Waals surface area contributed by atoms with Crippen LogP contribution < -0.4 is 5.73 Å². The van der Waals surface area contributed by atoms with Gasteiger partial charge in [0.1, 0.15) is 5.82 Å². The maximum absolute atomic E-state index is 13.3. The van der Waals surface area contributed by atoms with Crippen molar-refractivity contribution in [2.24, 2.45) is 0 Å². The van der Waals surface area contributed by atoms with Crippen LogP contribution in [-0.2, 0) is 13.0 Å². The molecular weight excluding hydrogens is 241 g/mol. The van der Waals surface area contributed by atoms with Gasteiger partial charge in [0.05, 0.1) is 5.69 Å². The molecule has 100 valence electrons. The highest BCUT2D eigenvalue weighted by molar-refractivity contribution is 5.47. The minimum atomic E-state index is -0.351. The highest BCUT2D eigenvalue weighted by atomic mass is 19.1. The lowest BCUT2D eigenvalue weighted by Gasteiger charge is -2.17. The first-order valence-electron chi connectivity index (χ1n) is 6.28. The zero-order chi connectivity index (χ0) is 13.7. The Morgan fingerprint density at radius 1 is 1.21 bits per heavy atom. The number of aromatic nitrogens is 1. The second kappa shape index (κ2) is 6.29. The lowest BCUT2D eigenvalue weighted by atomic mass is 10.1. The van der Waals surface area contributed by atoms with Gasteiger partial charge in [-0.15, -0.1) is 0 Å². The van der Waals surface area contributed by atoms with Gasteiger partial charge in [-0.1, -0.05) is 18.2 Å². The number of nitrogen functional groups attached to an aromatic ring is 1. The molecule has 2 N–H and O–H groups in total. The number of benzene rings is 1. The van der Waals surface area contributed by atoms with Gasteiger partial charge in [0.25, 0.3) is 0 Å². The quantitative estimate of drug-likeness (QED) is 0.839. The second-order valence-corrected chi connectivity index (χ2v) is 4.62. The minimum absolute atomic E-state index is 0.243. The Kier molecular flexibility index (Phi) is 4.47. The Hall–Kier alpha value is -1.94. The van der Waals surface area contributed by atoms with Crippen molar-refractivity contribution >= 4 is 5.69 Å². The first-order valence-corrected chi connectivity index (χ1v) is 6.28. The fraction of sp³-hybridized carbons (Fsp3) is 0.267. The van der Waals surface area contributed by atoms with Gasteiger partial charge in [0, 0.05) is 31.4 Å². The predicted molar refractivity (Wildman–Crippen MR) is 75.1 cm³/mol. The van der Waals surface area contributed by atoms with Crippen LogP contribution in [0, 0.1) is 5.82 Å². The zero-order valence-electron chi connectivity index (χ0n) is 11.0. The standard InChI is InChI=1S/C15H18FN3/c1-19(10-8-13-6-2-3-9-18-13)11-12-5-4-7-14(16)15(12)17/h2-7,9H,8,10-11,17H2,1H3. The van der Waals surface area contributed by atoms with Crippen LogP contribution in [0.4, 0.5) is 10.1 Å². The van der Waals surface area contributed by atoms with E-state index in [1.54, 1.807) is 12.3 Å². The van der Waals surface area contributed by atoms with E-state index in [1.165, 1.54) is 6.07 Å². The maximum Gasteiger partial charge on any atom is 0.146 e. The van der Waals surface area contributed by atoms with E-state index >= 15 is 0 Å². The van der Waals surface area contributed by atoms with Crippen LogP contribution in [-0.4, -0.2) is 23.5 Å². The molecule has 0 saturated heterocycles. The Morgan fingerprint density at radius 3 is 2.79 bits per heavy atom. The number of anilines is 1. The largest absolute Gasteiger partial charge is 0.396 e. The first-order chi connectivity index (χ1) is 9.16. The fourth-order valence-electron chi connectivity index (χ4n) is 1.94. The molecule has 0 fully saturated rings. The van der Waals surface area contributed by atoms with E-state index in [4.69, 9.17) is 5.73 Å². The van der Waals surface area contributed by atoms with Crippen molar-refractivity contribution < 1.29 is 4.39 Å². The second-order valence-electron chi connectivity index (χ2n) is 4.62. The van der Waals surface area contributed by atoms with Gasteiger partial charge in [-0.25, -0.2) is 4.39 Å². The molecule has 0 aliphatic carbocycles. The summed E-state index contributed by atoms with van der Waals surface area (Å²) in [5, 5.41) is 0. The van der Waals surface area contributed by atoms with E-state index in [-0.39, 0.29) is 11.5 Å². The Labute approximate surface area is 112 Å². The summed E-state index contributed by atoms with van der Waals surface area (Å²) in [6.07, 6.45) is 2.66. The maximum atomic E-state index is 13.3. The molecule has 0 spiro atoms. The van der Waals surface area contributed by atoms with E-state index in [0.717, 1.165) is 24.2 Å². The van der Waals surface area contributed by atoms with Crippen LogP contribution in [0.2, 0.25) is 0 Å². The molecule has 0 atom stereocenters. The van der Waals surface area contributed by atoms with Crippen molar-refractivity contribution in [2.45, 2.75) is 13.0 Å². The van der Waals surface area contributed by atoms with Crippen molar-refractivity contribution in [3.05, 3.63) is 59.7 Å². The molecule has 0 saturated carbocycles. The summed E-state index contributed by atoms with van der Waals surface area (Å²) in [6.45, 7) is 1.49. The smallest absolute Gasteiger partial charge is 0.146 e. The predicted octanol–water partition coefficient (Wildman–Crippen LogP) is 2.48. The number of hydrogen-bond acceptors (Lipinski definition) is 3. The number of nitrogens with two attached hydrogens (primary N) is 1. The Balaban J connectivity index is 1.91. The summed E-state index contributed by atoms with van der Waals surface area (Å²) in [6, 6.07) is 10.8. The van der Waals surface area contributed by atoms with Gasteiger partial charge in [0.15, 0.2) is 0 Å². The van der Waals surface area contributed by atoms with Crippen LogP contribution in [0.3, 0.4) is 0 Å². The number of likely N-dealkylation sites (N-methyl/N-ethyl adjacent to an activating group) is 1. The Morgan fingerprint density at radius 2 is 2.05 bits per heavy atom. The topological polar surface area (TPSA) is 42.2 Å². The minimum Gasteiger partial charge on any atom is -0.396 e. The molecule has 0 radical (unpaired) electrons. The molecule has 1 aromatic carbocycles. The van der Waals surface area contributed by atoms with E-state index < -0.39 is 0 Å². The molecule has 0 aliphatic rings. The average Bonchev–Trinajstić information content (AvgIpc) is 2.43. The third-order valence-corrected chi connectivity index (χ3v) is 3.06. The van der Waals surface area contributed by atoms with Crippen LogP contribution in [0.25, 0.3) is 0 Å². The van der Waals surface area contributed by atoms with Crippen molar-refractivity contribution in [3.8, 4) is 0 Å². The van der Waals surface area contributed by atoms with Crippen LogP contribution >= 0.6 is 0 Å². The van der Waals surface area contributed by atoms with Crippen LogP contribution in [0.15, 0.2) is 42.6 Å². The highest BCUT2D eigenvalue weighted by Crippen LogP contribution is 2.17. The van der Waals surface area contributed by atoms with Gasteiger partial charge in [-0.2, -0.15) is 0 Å². The molecule has 1 heterocycles. The number of nitrogens with zero attached hydrogens (tertiary/aromatic N) is 2. The average molecular weight is 259 g/mol. The Bertz CT molecular complexity index is 528. The summed E-state index contributed by atoms with van der Waals surface area (Å²) >= 11 is 0. The molecular formula is C15H18FN3. The first kappa shape index (κ1) is 13.5. The monoisotopic (exact) mass is 259 g/mol. The van der Waals surface area contributed by atoms with Crippen molar-refractivity contribution in [1.82, 2.24) is 9.88 Å². The van der Waals surface area contributed by atoms with Crippen molar-refractivity contribution in [2.75, 3.05) is 19.3 Å². The summed E-state index contributed by atoms with van der Waals surface area (Å²) in [5.74, 6) is -0.351. The molecule has 2 aromatic rings. The molecule has 1 aromatic heterocycles. The van der Waals surface area contributed by atoms with Gasteiger partial charge in [0.2, 0.25) is 0 Å². The lowest BCUT2D eigenvalue weighted by Crippen LogP contribution is -2.21. The van der Waals surface area contributed by atoms with E-state index in [9.17, 15) is 4.39 Å². The van der Waals surface area contributed by atoms with Gasteiger partial charge in [-0.05, 0) is 30.8 Å². The summed E-state index contributed by atoms with van der Waals surface area (Å²) in [4.78, 5) is 6.39. The molecule has 0 amide bonds.